The van der Waals surface area contributed by atoms with Crippen molar-refractivity contribution in [3.05, 3.63) is 70.8 Å². The fraction of sp³-hybridized carbons (Fsp3) is 0.222. The predicted molar refractivity (Wildman–Crippen MR) is 82.1 cm³/mol. The number of nitrogens with one attached hydrogen (secondary N) is 1. The van der Waals surface area contributed by atoms with Gasteiger partial charge in [-0.3, -0.25) is 0 Å². The van der Waals surface area contributed by atoms with Crippen LogP contribution < -0.4 is 5.32 Å². The van der Waals surface area contributed by atoms with Crippen LogP contribution in [-0.4, -0.2) is 9.93 Å². The van der Waals surface area contributed by atoms with Gasteiger partial charge in [0.25, 0.3) is 0 Å². The molecule has 0 heterocycles. The van der Waals surface area contributed by atoms with Crippen LogP contribution in [0.25, 0.3) is 0 Å². The van der Waals surface area contributed by atoms with Crippen LogP contribution in [0.1, 0.15) is 46.8 Å². The Morgan fingerprint density at radius 3 is 2.57 bits per heavy atom. The second-order valence-corrected chi connectivity index (χ2v) is 6.76. The van der Waals surface area contributed by atoms with Gasteiger partial charge in [-0.05, 0) is 0 Å². The van der Waals surface area contributed by atoms with Crippen LogP contribution in [0.5, 0.6) is 0 Å². The summed E-state index contributed by atoms with van der Waals surface area (Å²) in [7, 11) is 0. The van der Waals surface area contributed by atoms with E-state index in [-0.39, 0.29) is 5.91 Å². The fourth-order valence-electron chi connectivity index (χ4n) is 2.07. The van der Waals surface area contributed by atoms with Crippen molar-refractivity contribution in [3.63, 3.8) is 0 Å². The third kappa shape index (κ3) is 3.98. The Hall–Kier alpha value is -1.53. The van der Waals surface area contributed by atoms with E-state index < -0.39 is 0 Å². The van der Waals surface area contributed by atoms with Crippen molar-refractivity contribution in [2.75, 3.05) is 0 Å². The molecule has 0 aliphatic heterocycles. The minimum absolute atomic E-state index is 0.104. The van der Waals surface area contributed by atoms with Crippen molar-refractivity contribution in [1.82, 2.24) is 5.32 Å². The molecule has 108 valence electrons. The van der Waals surface area contributed by atoms with Gasteiger partial charge in [0.15, 0.2) is 0 Å². The van der Waals surface area contributed by atoms with Gasteiger partial charge in [0.2, 0.25) is 0 Å². The zero-order chi connectivity index (χ0) is 15.4. The minimum atomic E-state index is -0.104. The Morgan fingerprint density at radius 2 is 2.00 bits per heavy atom. The molecule has 1 N–H and O–H groups in total. The molecule has 0 saturated heterocycles. The topological polar surface area (TPSA) is 29.1 Å². The Morgan fingerprint density at radius 1 is 1.24 bits per heavy atom. The number of benzene rings is 2. The van der Waals surface area contributed by atoms with E-state index in [2.05, 4.69) is 50.4 Å². The molecule has 0 saturated carbocycles. The van der Waals surface area contributed by atoms with E-state index in [9.17, 15) is 4.79 Å². The summed E-state index contributed by atoms with van der Waals surface area (Å²) < 4.78 is 0.949. The first kappa shape index (κ1) is 15.8. The molecule has 0 atom stereocenters. The summed E-state index contributed by atoms with van der Waals surface area (Å²) in [5.74, 6) is 0.409. The molecule has 0 aromatic heterocycles. The molecule has 2 nitrogen and oxygen atoms in total. The molecule has 21 heavy (non-hydrogen) atoms. The zero-order valence-electron chi connectivity index (χ0n) is 12.4. The normalized spacial score (nSPS) is 10.5. The van der Waals surface area contributed by atoms with Crippen LogP contribution in [0.4, 0.5) is 0 Å². The first-order valence-corrected chi connectivity index (χ1v) is 8.38. The van der Waals surface area contributed by atoms with Crippen molar-refractivity contribution in [3.8, 4) is 0 Å². The number of hydrogen-bond donors (Lipinski definition) is 1. The molecule has 0 spiro atoms. The van der Waals surface area contributed by atoms with E-state index in [0.29, 0.717) is 11.5 Å². The van der Waals surface area contributed by atoms with Crippen molar-refractivity contribution in [2.24, 2.45) is 0 Å². The van der Waals surface area contributed by atoms with Crippen LogP contribution in [-0.2, 0) is 19.4 Å². The molecule has 0 unspecified atom stereocenters. The Balaban J connectivity index is 2.16. The molecule has 2 aromatic carbocycles. The molecule has 0 radical (unpaired) electrons. The van der Waals surface area contributed by atoms with E-state index in [1.807, 2.05) is 12.1 Å². The average Bonchev–Trinajstić information content (AvgIpc) is 2.47. The van der Waals surface area contributed by atoms with Crippen LogP contribution in [0, 0.1) is 13.0 Å². The first-order chi connectivity index (χ1) is 9.99. The molecule has 0 fully saturated rings. The molecule has 3 heteroatoms. The van der Waals surface area contributed by atoms with E-state index in [1.54, 1.807) is 12.1 Å². The number of rotatable bonds is 4. The van der Waals surface area contributed by atoms with E-state index in [4.69, 9.17) is 0 Å². The molecular formula is C18H18NOW-. The number of aryl methyl sites for hydroxylation is 1. The van der Waals surface area contributed by atoms with Crippen molar-refractivity contribution in [1.29, 1.82) is 0 Å². The standard InChI is InChI=1S/C18H18NO.W/c1-13(2)16-9-10-17(14(3)11-16)12-19-18(20)15-7-5-4-6-8-15;/h4-7,9-11,13H,1-3H3,(H,19,20);/q-1;. The van der Waals surface area contributed by atoms with Gasteiger partial charge in [-0.25, -0.2) is 0 Å². The molecular weight excluding hydrogens is 430 g/mol. The van der Waals surface area contributed by atoms with Gasteiger partial charge < -0.3 is 0 Å². The van der Waals surface area contributed by atoms with Gasteiger partial charge >= 0.3 is 137 Å². The number of carbonyl (C=O) groups excluding carboxylic acids is 1. The van der Waals surface area contributed by atoms with Gasteiger partial charge in [0.1, 0.15) is 0 Å². The van der Waals surface area contributed by atoms with Crippen molar-refractivity contribution in [2.45, 2.75) is 26.7 Å². The van der Waals surface area contributed by atoms with Gasteiger partial charge in [0, 0.05) is 0 Å². The van der Waals surface area contributed by atoms with Gasteiger partial charge in [-0.1, -0.05) is 0 Å². The van der Waals surface area contributed by atoms with Gasteiger partial charge in [-0.2, -0.15) is 0 Å². The second-order valence-electron chi connectivity index (χ2n) is 5.29. The van der Waals surface area contributed by atoms with E-state index >= 15 is 0 Å². The van der Waals surface area contributed by atoms with Crippen LogP contribution >= 0.6 is 0 Å². The van der Waals surface area contributed by atoms with Gasteiger partial charge in [0.05, 0.1) is 0 Å². The predicted octanol–water partition coefficient (Wildman–Crippen LogP) is 3.37. The fourth-order valence-corrected chi connectivity index (χ4v) is 3.23. The molecule has 2 rings (SSSR count). The van der Waals surface area contributed by atoms with Crippen LogP contribution in [0.3, 0.4) is 0 Å². The number of amides is 1. The second kappa shape index (κ2) is 6.95. The molecule has 2 aromatic rings. The monoisotopic (exact) mass is 448 g/mol. The third-order valence-electron chi connectivity index (χ3n) is 3.34. The summed E-state index contributed by atoms with van der Waals surface area (Å²) >= 11 is 1.25. The zero-order valence-corrected chi connectivity index (χ0v) is 15.4. The van der Waals surface area contributed by atoms with Gasteiger partial charge in [-0.15, -0.1) is 0 Å². The summed E-state index contributed by atoms with van der Waals surface area (Å²) in [6.07, 6.45) is 0. The maximum absolute atomic E-state index is 12.2. The summed E-state index contributed by atoms with van der Waals surface area (Å²) in [5.41, 5.74) is 4.19. The molecule has 1 amide bonds. The van der Waals surface area contributed by atoms with Crippen molar-refractivity contribution >= 4 is 9.93 Å². The average molecular weight is 448 g/mol. The SMILES string of the molecule is Cc1cc(C(C)C)ccc1[C](=[W])NC(=O)c1[c-]cccc1. The van der Waals surface area contributed by atoms with Crippen LogP contribution in [0.2, 0.25) is 0 Å². The molecule has 0 bridgehead atoms. The summed E-state index contributed by atoms with van der Waals surface area (Å²) in [5, 5.41) is 2.99. The third-order valence-corrected chi connectivity index (χ3v) is 4.50. The summed E-state index contributed by atoms with van der Waals surface area (Å²) in [6.45, 7) is 6.46. The molecule has 0 aliphatic rings. The summed E-state index contributed by atoms with van der Waals surface area (Å²) in [6, 6.07) is 16.6. The van der Waals surface area contributed by atoms with Crippen molar-refractivity contribution < 1.29 is 24.1 Å². The summed E-state index contributed by atoms with van der Waals surface area (Å²) in [4.78, 5) is 12.2. The Bertz CT molecular complexity index is 662. The first-order valence-electron chi connectivity index (χ1n) is 6.92. The van der Waals surface area contributed by atoms with E-state index in [0.717, 1.165) is 9.59 Å². The Labute approximate surface area is 137 Å². The van der Waals surface area contributed by atoms with E-state index in [1.165, 1.54) is 30.5 Å². The number of carbonyl (C=O) groups is 1. The number of hydrogen-bond acceptors (Lipinski definition) is 1. The maximum atomic E-state index is 12.2. The quantitative estimate of drug-likeness (QED) is 0.715. The van der Waals surface area contributed by atoms with Crippen LogP contribution in [0.15, 0.2) is 42.5 Å². The molecule has 0 aliphatic carbocycles. The Kier molecular flexibility index (Phi) is 5.25.